The number of rotatable bonds is 7. The molecule has 2 aromatic rings. The molecule has 0 saturated carbocycles. The summed E-state index contributed by atoms with van der Waals surface area (Å²) in [6, 6.07) is 9.28. The van der Waals surface area contributed by atoms with Crippen LogP contribution < -0.4 is 14.4 Å². The van der Waals surface area contributed by atoms with E-state index in [1.54, 1.807) is 26.6 Å². The van der Waals surface area contributed by atoms with Crippen LogP contribution in [0.3, 0.4) is 0 Å². The molecule has 0 spiro atoms. The molecule has 0 aliphatic heterocycles. The molecule has 5 nitrogen and oxygen atoms in total. The summed E-state index contributed by atoms with van der Waals surface area (Å²) in [7, 11) is 5.09. The maximum atomic E-state index is 12.5. The second-order valence-corrected chi connectivity index (χ2v) is 5.37. The highest BCUT2D eigenvalue weighted by Crippen LogP contribution is 2.31. The maximum absolute atomic E-state index is 12.5. The molecule has 0 saturated heterocycles. The summed E-state index contributed by atoms with van der Waals surface area (Å²) in [4.78, 5) is 18.5. The van der Waals surface area contributed by atoms with E-state index in [1.165, 1.54) is 0 Å². The fraction of sp³-hybridized carbons (Fsp3) is 0.333. The van der Waals surface area contributed by atoms with E-state index in [4.69, 9.17) is 9.47 Å². The van der Waals surface area contributed by atoms with Gasteiger partial charge in [0, 0.05) is 31.4 Å². The quantitative estimate of drug-likeness (QED) is 0.786. The average Bonchev–Trinajstić information content (AvgIpc) is 2.61. The highest BCUT2D eigenvalue weighted by atomic mass is 16.5. The second kappa shape index (κ2) is 7.63. The Bertz CT molecular complexity index is 659. The standard InChI is InChI=1S/C18H22N2O3/c1-13(14-6-5-9-19-11-14)17(21)12-20(2)16-10-15(22-3)7-8-18(16)23-4/h5-11,13H,12H2,1-4H3. The van der Waals surface area contributed by atoms with Crippen molar-refractivity contribution < 1.29 is 14.3 Å². The summed E-state index contributed by atoms with van der Waals surface area (Å²) < 4.78 is 10.6. The first-order chi connectivity index (χ1) is 11.1. The van der Waals surface area contributed by atoms with E-state index in [2.05, 4.69) is 4.98 Å². The average molecular weight is 314 g/mol. The Balaban J connectivity index is 2.15. The van der Waals surface area contributed by atoms with Gasteiger partial charge in [-0.1, -0.05) is 13.0 Å². The molecule has 0 fully saturated rings. The number of hydrogen-bond acceptors (Lipinski definition) is 5. The zero-order valence-electron chi connectivity index (χ0n) is 13.9. The van der Waals surface area contributed by atoms with Crippen LogP contribution in [0.25, 0.3) is 0 Å². The predicted octanol–water partition coefficient (Wildman–Crippen LogP) is 2.91. The minimum Gasteiger partial charge on any atom is -0.497 e. The number of carbonyl (C=O) groups excluding carboxylic acids is 1. The molecule has 1 aromatic heterocycles. The molecule has 122 valence electrons. The fourth-order valence-electron chi connectivity index (χ4n) is 2.37. The van der Waals surface area contributed by atoms with E-state index >= 15 is 0 Å². The highest BCUT2D eigenvalue weighted by molar-refractivity contribution is 5.89. The molecular formula is C18H22N2O3. The molecule has 1 unspecified atom stereocenters. The predicted molar refractivity (Wildman–Crippen MR) is 90.5 cm³/mol. The number of ketones is 1. The molecule has 0 N–H and O–H groups in total. The van der Waals surface area contributed by atoms with Gasteiger partial charge in [0.05, 0.1) is 26.5 Å². The number of methoxy groups -OCH3 is 2. The molecule has 0 aliphatic rings. The Kier molecular flexibility index (Phi) is 5.57. The SMILES string of the molecule is COc1ccc(OC)c(N(C)CC(=O)C(C)c2cccnc2)c1. The van der Waals surface area contributed by atoms with Gasteiger partial charge in [0.25, 0.3) is 0 Å². The van der Waals surface area contributed by atoms with Crippen LogP contribution >= 0.6 is 0 Å². The molecule has 1 aromatic carbocycles. The van der Waals surface area contributed by atoms with E-state index in [0.29, 0.717) is 5.75 Å². The monoisotopic (exact) mass is 314 g/mol. The van der Waals surface area contributed by atoms with Crippen molar-refractivity contribution in [3.63, 3.8) is 0 Å². The minimum absolute atomic E-state index is 0.116. The summed E-state index contributed by atoms with van der Waals surface area (Å²) in [5.41, 5.74) is 1.74. The normalized spacial score (nSPS) is 11.7. The molecule has 1 atom stereocenters. The summed E-state index contributed by atoms with van der Waals surface area (Å²) in [5.74, 6) is 1.34. The van der Waals surface area contributed by atoms with Crippen LogP contribution in [0.2, 0.25) is 0 Å². The number of nitrogens with zero attached hydrogens (tertiary/aromatic N) is 2. The van der Waals surface area contributed by atoms with Crippen molar-refractivity contribution >= 4 is 11.5 Å². The first-order valence-corrected chi connectivity index (χ1v) is 7.42. The van der Waals surface area contributed by atoms with Gasteiger partial charge in [-0.15, -0.1) is 0 Å². The Morgan fingerprint density at radius 2 is 2.04 bits per heavy atom. The van der Waals surface area contributed by atoms with E-state index in [1.807, 2.05) is 49.2 Å². The lowest BCUT2D eigenvalue weighted by Crippen LogP contribution is -2.28. The van der Waals surface area contributed by atoms with Crippen LogP contribution in [0.4, 0.5) is 5.69 Å². The van der Waals surface area contributed by atoms with Gasteiger partial charge in [-0.2, -0.15) is 0 Å². The summed E-state index contributed by atoms with van der Waals surface area (Å²) in [6.07, 6.45) is 3.43. The summed E-state index contributed by atoms with van der Waals surface area (Å²) in [6.45, 7) is 2.18. The fourth-order valence-corrected chi connectivity index (χ4v) is 2.37. The molecule has 0 radical (unpaired) electrons. The van der Waals surface area contributed by atoms with Crippen molar-refractivity contribution in [3.05, 3.63) is 48.3 Å². The Labute approximate surface area is 136 Å². The number of ether oxygens (including phenoxy) is 2. The van der Waals surface area contributed by atoms with Gasteiger partial charge in [-0.3, -0.25) is 9.78 Å². The smallest absolute Gasteiger partial charge is 0.159 e. The van der Waals surface area contributed by atoms with Gasteiger partial charge in [0.15, 0.2) is 5.78 Å². The van der Waals surface area contributed by atoms with Crippen molar-refractivity contribution in [1.82, 2.24) is 4.98 Å². The molecular weight excluding hydrogens is 292 g/mol. The molecule has 0 bridgehead atoms. The van der Waals surface area contributed by atoms with Crippen molar-refractivity contribution in [2.45, 2.75) is 12.8 Å². The lowest BCUT2D eigenvalue weighted by Gasteiger charge is -2.23. The summed E-state index contributed by atoms with van der Waals surface area (Å²) >= 11 is 0. The van der Waals surface area contributed by atoms with Crippen molar-refractivity contribution in [3.8, 4) is 11.5 Å². The van der Waals surface area contributed by atoms with Crippen molar-refractivity contribution in [2.75, 3.05) is 32.7 Å². The number of anilines is 1. The van der Waals surface area contributed by atoms with Gasteiger partial charge >= 0.3 is 0 Å². The van der Waals surface area contributed by atoms with E-state index in [-0.39, 0.29) is 18.2 Å². The van der Waals surface area contributed by atoms with Crippen LogP contribution in [-0.2, 0) is 4.79 Å². The third-order valence-electron chi connectivity index (χ3n) is 3.86. The van der Waals surface area contributed by atoms with Crippen molar-refractivity contribution in [1.29, 1.82) is 0 Å². The molecule has 0 aliphatic carbocycles. The Morgan fingerprint density at radius 1 is 1.26 bits per heavy atom. The number of hydrogen-bond donors (Lipinski definition) is 0. The highest BCUT2D eigenvalue weighted by Gasteiger charge is 2.19. The molecule has 1 heterocycles. The minimum atomic E-state index is -0.206. The van der Waals surface area contributed by atoms with Gasteiger partial charge in [-0.25, -0.2) is 0 Å². The van der Waals surface area contributed by atoms with E-state index in [9.17, 15) is 4.79 Å². The maximum Gasteiger partial charge on any atom is 0.159 e. The van der Waals surface area contributed by atoms with Crippen molar-refractivity contribution in [2.24, 2.45) is 0 Å². The second-order valence-electron chi connectivity index (χ2n) is 5.37. The van der Waals surface area contributed by atoms with Gasteiger partial charge in [0.1, 0.15) is 11.5 Å². The first-order valence-electron chi connectivity index (χ1n) is 7.42. The number of likely N-dealkylation sites (N-methyl/N-ethyl adjacent to an activating group) is 1. The first kappa shape index (κ1) is 16.8. The lowest BCUT2D eigenvalue weighted by molar-refractivity contribution is -0.118. The Hall–Kier alpha value is -2.56. The third kappa shape index (κ3) is 4.00. The zero-order valence-corrected chi connectivity index (χ0v) is 13.9. The number of carbonyl (C=O) groups is 1. The summed E-state index contributed by atoms with van der Waals surface area (Å²) in [5, 5.41) is 0. The molecule has 2 rings (SSSR count). The number of pyridine rings is 1. The number of benzene rings is 1. The van der Waals surface area contributed by atoms with E-state index in [0.717, 1.165) is 17.0 Å². The topological polar surface area (TPSA) is 51.7 Å². The van der Waals surface area contributed by atoms with E-state index < -0.39 is 0 Å². The lowest BCUT2D eigenvalue weighted by atomic mass is 9.98. The molecule has 5 heteroatoms. The molecule has 0 amide bonds. The van der Waals surface area contributed by atoms with Crippen LogP contribution in [-0.4, -0.2) is 38.6 Å². The van der Waals surface area contributed by atoms with Gasteiger partial charge in [0.2, 0.25) is 0 Å². The van der Waals surface area contributed by atoms with Gasteiger partial charge in [-0.05, 0) is 23.8 Å². The number of Topliss-reactive ketones (excluding diaryl/α,β-unsaturated/α-hetero) is 1. The third-order valence-corrected chi connectivity index (χ3v) is 3.86. The largest absolute Gasteiger partial charge is 0.497 e. The Morgan fingerprint density at radius 3 is 2.65 bits per heavy atom. The van der Waals surface area contributed by atoms with Crippen LogP contribution in [0.5, 0.6) is 11.5 Å². The van der Waals surface area contributed by atoms with Crippen LogP contribution in [0.1, 0.15) is 18.4 Å². The van der Waals surface area contributed by atoms with Gasteiger partial charge < -0.3 is 14.4 Å². The molecule has 23 heavy (non-hydrogen) atoms. The zero-order chi connectivity index (χ0) is 16.8. The van der Waals surface area contributed by atoms with Crippen LogP contribution in [0, 0.1) is 0 Å². The number of aromatic nitrogens is 1. The van der Waals surface area contributed by atoms with Crippen LogP contribution in [0.15, 0.2) is 42.7 Å².